The number of ether oxygens (including phenoxy) is 1. The molecule has 0 saturated carbocycles. The van der Waals surface area contributed by atoms with Crippen LogP contribution in [0.25, 0.3) is 11.1 Å². The fourth-order valence-electron chi connectivity index (χ4n) is 4.28. The van der Waals surface area contributed by atoms with E-state index >= 15 is 0 Å². The number of amides is 1. The molecule has 9 heteroatoms. The van der Waals surface area contributed by atoms with Crippen LogP contribution >= 0.6 is 0 Å². The van der Waals surface area contributed by atoms with Gasteiger partial charge in [-0.3, -0.25) is 9.78 Å². The van der Waals surface area contributed by atoms with Crippen LogP contribution < -0.4 is 15.0 Å². The Kier molecular flexibility index (Phi) is 6.93. The van der Waals surface area contributed by atoms with E-state index in [9.17, 15) is 18.0 Å². The lowest BCUT2D eigenvalue weighted by Gasteiger charge is -2.28. The van der Waals surface area contributed by atoms with Gasteiger partial charge in [0.05, 0.1) is 5.56 Å². The smallest absolute Gasteiger partial charge is 0.406 e. The summed E-state index contributed by atoms with van der Waals surface area (Å²) in [4.78, 5) is 24.3. The average Bonchev–Trinajstić information content (AvgIpc) is 3.30. The molecule has 1 N–H and O–H groups in total. The quantitative estimate of drug-likeness (QED) is 0.436. The summed E-state index contributed by atoms with van der Waals surface area (Å²) in [6, 6.07) is 10.7. The number of pyridine rings is 2. The van der Waals surface area contributed by atoms with E-state index in [4.69, 9.17) is 0 Å². The van der Waals surface area contributed by atoms with Crippen LogP contribution in [0.5, 0.6) is 5.75 Å². The highest BCUT2D eigenvalue weighted by molar-refractivity contribution is 6.05. The van der Waals surface area contributed by atoms with Crippen LogP contribution in [-0.2, 0) is 0 Å². The number of carbonyl (C=O) groups excluding carboxylic acids is 1. The van der Waals surface area contributed by atoms with Crippen LogP contribution in [0, 0.1) is 18.3 Å². The first kappa shape index (κ1) is 25.5. The summed E-state index contributed by atoms with van der Waals surface area (Å²) in [6.45, 7) is 10.4. The van der Waals surface area contributed by atoms with Crippen molar-refractivity contribution in [3.05, 3.63) is 66.1 Å². The van der Waals surface area contributed by atoms with Crippen LogP contribution in [0.2, 0.25) is 0 Å². The number of hydrogen-bond acceptors (Lipinski definition) is 5. The van der Waals surface area contributed by atoms with E-state index in [0.717, 1.165) is 54.3 Å². The van der Waals surface area contributed by atoms with Crippen LogP contribution in [0.1, 0.15) is 43.2 Å². The van der Waals surface area contributed by atoms with Gasteiger partial charge in [0.15, 0.2) is 0 Å². The number of nitrogens with zero attached hydrogens (tertiary/aromatic N) is 3. The molecule has 1 fully saturated rings. The van der Waals surface area contributed by atoms with Gasteiger partial charge in [0.25, 0.3) is 5.91 Å². The normalized spacial score (nSPS) is 16.2. The van der Waals surface area contributed by atoms with E-state index in [0.29, 0.717) is 17.2 Å². The molecule has 2 aromatic heterocycles. The molecule has 36 heavy (non-hydrogen) atoms. The summed E-state index contributed by atoms with van der Waals surface area (Å²) in [5.41, 5.74) is 3.39. The number of rotatable bonds is 5. The molecule has 4 rings (SSSR count). The fraction of sp³-hybridized carbons (Fsp3) is 0.370. The highest BCUT2D eigenvalue weighted by Gasteiger charge is 2.33. The van der Waals surface area contributed by atoms with Gasteiger partial charge < -0.3 is 15.0 Å². The molecular weight excluding hydrogens is 469 g/mol. The summed E-state index contributed by atoms with van der Waals surface area (Å²) >= 11 is 0. The third kappa shape index (κ3) is 6.13. The lowest BCUT2D eigenvalue weighted by atomic mass is 9.80. The maximum absolute atomic E-state index is 13.0. The lowest BCUT2D eigenvalue weighted by molar-refractivity contribution is -0.274. The average molecular weight is 499 g/mol. The molecule has 0 radical (unpaired) electrons. The Morgan fingerprint density at radius 1 is 1.06 bits per heavy atom. The predicted molar refractivity (Wildman–Crippen MR) is 133 cm³/mol. The van der Waals surface area contributed by atoms with Gasteiger partial charge in [-0.1, -0.05) is 26.8 Å². The molecule has 0 aliphatic carbocycles. The molecule has 0 spiro atoms. The van der Waals surface area contributed by atoms with Gasteiger partial charge in [-0.15, -0.1) is 13.2 Å². The molecule has 1 aromatic carbocycles. The second-order valence-electron chi connectivity index (χ2n) is 10.1. The third-order valence-electron chi connectivity index (χ3n) is 6.41. The molecule has 1 aliphatic heterocycles. The van der Waals surface area contributed by atoms with Crippen LogP contribution in [0.4, 0.5) is 24.7 Å². The van der Waals surface area contributed by atoms with Crippen molar-refractivity contribution in [2.24, 2.45) is 11.3 Å². The summed E-state index contributed by atoms with van der Waals surface area (Å²) in [6.07, 6.45) is -0.412. The zero-order valence-corrected chi connectivity index (χ0v) is 20.7. The SMILES string of the molecule is Cc1ccc(-c2cc(C(=O)Nc3ccc(OC(F)(F)F)cc3)cnc2N2CCC(C(C)(C)C)C2)cn1. The Bertz CT molecular complexity index is 1220. The number of aryl methyl sites for hydroxylation is 1. The monoisotopic (exact) mass is 498 g/mol. The molecule has 1 amide bonds. The number of hydrogen-bond donors (Lipinski definition) is 1. The third-order valence-corrected chi connectivity index (χ3v) is 6.41. The number of halogens is 3. The number of aromatic nitrogens is 2. The van der Waals surface area contributed by atoms with Crippen molar-refractivity contribution in [1.29, 1.82) is 0 Å². The van der Waals surface area contributed by atoms with Gasteiger partial charge in [0.2, 0.25) is 0 Å². The zero-order chi connectivity index (χ0) is 26.1. The van der Waals surface area contributed by atoms with Crippen molar-refractivity contribution < 1.29 is 22.7 Å². The molecule has 6 nitrogen and oxygen atoms in total. The Hall–Kier alpha value is -3.62. The topological polar surface area (TPSA) is 67.3 Å². The maximum Gasteiger partial charge on any atom is 0.573 e. The maximum atomic E-state index is 13.0. The minimum atomic E-state index is -4.78. The van der Waals surface area contributed by atoms with Gasteiger partial charge in [0.1, 0.15) is 11.6 Å². The first-order valence-corrected chi connectivity index (χ1v) is 11.7. The zero-order valence-electron chi connectivity index (χ0n) is 20.7. The molecule has 0 bridgehead atoms. The van der Waals surface area contributed by atoms with Gasteiger partial charge in [0, 0.05) is 48.0 Å². The second kappa shape index (κ2) is 9.79. The van der Waals surface area contributed by atoms with Crippen LogP contribution in [0.3, 0.4) is 0 Å². The minimum absolute atomic E-state index is 0.181. The highest BCUT2D eigenvalue weighted by Crippen LogP contribution is 2.38. The van der Waals surface area contributed by atoms with Gasteiger partial charge in [-0.05, 0) is 61.1 Å². The van der Waals surface area contributed by atoms with E-state index in [-0.39, 0.29) is 11.2 Å². The summed E-state index contributed by atoms with van der Waals surface area (Å²) in [5, 5.41) is 2.71. The predicted octanol–water partition coefficient (Wildman–Crippen LogP) is 6.48. The molecular formula is C27H29F3N4O2. The van der Waals surface area contributed by atoms with Crippen molar-refractivity contribution in [2.45, 2.75) is 40.5 Å². The van der Waals surface area contributed by atoms with E-state index in [1.165, 1.54) is 18.3 Å². The Morgan fingerprint density at radius 2 is 1.78 bits per heavy atom. The van der Waals surface area contributed by atoms with Crippen molar-refractivity contribution >= 4 is 17.4 Å². The standard InChI is InChI=1S/C27H29F3N4O2/c1-17-5-6-18(14-31-17)23-13-19(15-32-24(23)34-12-11-20(16-34)26(2,3)4)25(35)33-21-7-9-22(10-8-21)36-27(28,29)30/h5-10,13-15,20H,11-12,16H2,1-4H3,(H,33,35). The van der Waals surface area contributed by atoms with E-state index in [1.54, 1.807) is 12.3 Å². The Labute approximate surface area is 208 Å². The molecule has 1 aliphatic rings. The summed E-state index contributed by atoms with van der Waals surface area (Å²) in [7, 11) is 0. The lowest BCUT2D eigenvalue weighted by Crippen LogP contribution is -2.27. The molecule has 3 aromatic rings. The van der Waals surface area contributed by atoms with E-state index in [2.05, 4.69) is 45.7 Å². The second-order valence-corrected chi connectivity index (χ2v) is 10.1. The summed E-state index contributed by atoms with van der Waals surface area (Å²) in [5.74, 6) is 0.543. The number of carbonyl (C=O) groups is 1. The van der Waals surface area contributed by atoms with E-state index < -0.39 is 12.3 Å². The van der Waals surface area contributed by atoms with Crippen LogP contribution in [-0.4, -0.2) is 35.3 Å². The molecule has 1 saturated heterocycles. The Morgan fingerprint density at radius 3 is 2.36 bits per heavy atom. The van der Waals surface area contributed by atoms with Crippen molar-refractivity contribution in [1.82, 2.24) is 9.97 Å². The van der Waals surface area contributed by atoms with Crippen molar-refractivity contribution in [3.63, 3.8) is 0 Å². The van der Waals surface area contributed by atoms with Crippen molar-refractivity contribution in [3.8, 4) is 16.9 Å². The number of alkyl halides is 3. The molecule has 3 heterocycles. The number of nitrogens with one attached hydrogen (secondary N) is 1. The Balaban J connectivity index is 1.60. The van der Waals surface area contributed by atoms with Crippen molar-refractivity contribution in [2.75, 3.05) is 23.3 Å². The largest absolute Gasteiger partial charge is 0.573 e. The summed E-state index contributed by atoms with van der Waals surface area (Å²) < 4.78 is 41.0. The number of anilines is 2. The molecule has 190 valence electrons. The molecule has 1 unspecified atom stereocenters. The minimum Gasteiger partial charge on any atom is -0.406 e. The van der Waals surface area contributed by atoms with E-state index in [1.807, 2.05) is 19.1 Å². The molecule has 1 atom stereocenters. The van der Waals surface area contributed by atoms with Gasteiger partial charge in [-0.25, -0.2) is 4.98 Å². The van der Waals surface area contributed by atoms with Gasteiger partial charge in [-0.2, -0.15) is 0 Å². The number of benzene rings is 1. The van der Waals surface area contributed by atoms with Crippen LogP contribution in [0.15, 0.2) is 54.9 Å². The van der Waals surface area contributed by atoms with Gasteiger partial charge >= 0.3 is 6.36 Å². The first-order valence-electron chi connectivity index (χ1n) is 11.7. The fourth-order valence-corrected chi connectivity index (χ4v) is 4.28. The highest BCUT2D eigenvalue weighted by atomic mass is 19.4. The first-order chi connectivity index (χ1) is 16.9.